The third-order valence-corrected chi connectivity index (χ3v) is 2.28. The topological polar surface area (TPSA) is 66.3 Å². The van der Waals surface area contributed by atoms with E-state index < -0.39 is 7.81 Å². The van der Waals surface area contributed by atoms with Crippen molar-refractivity contribution in [3.8, 4) is 5.75 Å². The minimum atomic E-state index is -10.7. The predicted molar refractivity (Wildman–Crippen MR) is 80.0 cm³/mol. The number of nitrogens with one attached hydrogen (secondary N) is 1. The van der Waals surface area contributed by atoms with Gasteiger partial charge in [0.25, 0.3) is 0 Å². The van der Waals surface area contributed by atoms with Crippen LogP contribution in [-0.4, -0.2) is 59.1 Å². The van der Waals surface area contributed by atoms with Crippen LogP contribution in [0, 0.1) is 0 Å². The molecule has 1 N–H and O–H groups in total. The van der Waals surface area contributed by atoms with Crippen molar-refractivity contribution in [1.82, 2.24) is 20.3 Å². The molecule has 1 aromatic heterocycles. The summed E-state index contributed by atoms with van der Waals surface area (Å²) in [5, 5.41) is 10.5. The zero-order valence-electron chi connectivity index (χ0n) is 13.6. The first kappa shape index (κ1) is 20.7. The molecule has 0 spiro atoms. The molecule has 0 unspecified atom stereocenters. The molecule has 1 aromatic carbocycles. The van der Waals surface area contributed by atoms with E-state index in [0.29, 0.717) is 17.3 Å². The Morgan fingerprint density at radius 1 is 1.08 bits per heavy atom. The molecule has 14 heteroatoms. The molecule has 0 amide bonds. The second kappa shape index (κ2) is 6.21. The molecule has 0 saturated heterocycles. The molecule has 0 aliphatic carbocycles. The number of para-hydroxylation sites is 1. The first-order chi connectivity index (χ1) is 11.0. The Morgan fingerprint density at radius 2 is 1.64 bits per heavy atom. The standard InChI is InChI=1S/C11H16N5O2.F6P/c1-15(2)11(16(3)4)18-17-9-7-5-6-8-10(9)13-14-12-8;1-7(2,3,4,5)6/h5-7H,1-4H3,(H,12,13,14);/q+1;-1. The van der Waals surface area contributed by atoms with E-state index in [1.807, 2.05) is 49.8 Å². The Bertz CT molecular complexity index is 759. The predicted octanol–water partition coefficient (Wildman–Crippen LogP) is 3.84. The van der Waals surface area contributed by atoms with Crippen molar-refractivity contribution in [3.63, 3.8) is 0 Å². The van der Waals surface area contributed by atoms with Crippen molar-refractivity contribution < 1.29 is 39.5 Å². The summed E-state index contributed by atoms with van der Waals surface area (Å²) < 4.78 is 61.0. The van der Waals surface area contributed by atoms with Crippen LogP contribution < -0.4 is 4.89 Å². The minimum absolute atomic E-state index is 0.516. The van der Waals surface area contributed by atoms with Crippen LogP contribution in [0.5, 0.6) is 5.75 Å². The van der Waals surface area contributed by atoms with Crippen molar-refractivity contribution in [3.05, 3.63) is 18.2 Å². The van der Waals surface area contributed by atoms with Gasteiger partial charge in [0.1, 0.15) is 5.52 Å². The molecule has 144 valence electrons. The van der Waals surface area contributed by atoms with E-state index in [4.69, 9.17) is 9.78 Å². The Morgan fingerprint density at radius 3 is 2.12 bits per heavy atom. The summed E-state index contributed by atoms with van der Waals surface area (Å²) in [4.78, 5) is 12.4. The molecule has 0 bridgehead atoms. The Labute approximate surface area is 138 Å². The summed E-state index contributed by atoms with van der Waals surface area (Å²) in [5.74, 6) is 0.516. The first-order valence-corrected chi connectivity index (χ1v) is 8.49. The fraction of sp³-hybridized carbons (Fsp3) is 0.364. The van der Waals surface area contributed by atoms with Gasteiger partial charge >= 0.3 is 39.0 Å². The van der Waals surface area contributed by atoms with Crippen LogP contribution in [0.25, 0.3) is 11.0 Å². The van der Waals surface area contributed by atoms with E-state index in [1.165, 1.54) is 0 Å². The molecule has 0 atom stereocenters. The van der Waals surface area contributed by atoms with Crippen LogP contribution in [0.1, 0.15) is 0 Å². The molecule has 0 radical (unpaired) electrons. The summed E-state index contributed by atoms with van der Waals surface area (Å²) in [6, 6.07) is 6.02. The van der Waals surface area contributed by atoms with Crippen molar-refractivity contribution in [1.29, 1.82) is 0 Å². The summed E-state index contributed by atoms with van der Waals surface area (Å²) in [5.41, 5.74) is 1.36. The van der Waals surface area contributed by atoms with Crippen LogP contribution in [0.3, 0.4) is 0 Å². The van der Waals surface area contributed by atoms with Crippen molar-refractivity contribution in [2.24, 2.45) is 0 Å². The van der Waals surface area contributed by atoms with E-state index in [-0.39, 0.29) is 0 Å². The number of rotatable bonds is 2. The van der Waals surface area contributed by atoms with Gasteiger partial charge < -0.3 is 0 Å². The number of aromatic amines is 1. The summed E-state index contributed by atoms with van der Waals surface area (Å²) in [6.45, 7) is 0. The molecular weight excluding hydrogens is 379 g/mol. The van der Waals surface area contributed by atoms with E-state index >= 15 is 0 Å². The van der Waals surface area contributed by atoms with Gasteiger partial charge in [-0.2, -0.15) is 15.4 Å². The molecule has 2 aromatic rings. The second-order valence-corrected chi connectivity index (χ2v) is 7.06. The summed E-state index contributed by atoms with van der Waals surface area (Å²) in [7, 11) is -3.18. The Kier molecular flexibility index (Phi) is 5.15. The number of H-pyrrole nitrogens is 1. The number of fused-ring (bicyclic) bond motifs is 1. The van der Waals surface area contributed by atoms with Crippen LogP contribution in [-0.2, 0) is 4.89 Å². The Balaban J connectivity index is 0.000000381. The van der Waals surface area contributed by atoms with Crippen LogP contribution >= 0.6 is 7.81 Å². The van der Waals surface area contributed by atoms with E-state index in [1.54, 1.807) is 6.07 Å². The SMILES string of the molecule is CN(C)C(OOc1cccc2n[nH]nc12)=[N+](C)C.F[P-](F)(F)(F)(F)F. The van der Waals surface area contributed by atoms with Gasteiger partial charge in [0.05, 0.1) is 28.2 Å². The van der Waals surface area contributed by atoms with Gasteiger partial charge in [-0.25, -0.2) is 14.4 Å². The fourth-order valence-electron chi connectivity index (χ4n) is 1.54. The van der Waals surface area contributed by atoms with Crippen molar-refractivity contribution in [2.75, 3.05) is 28.2 Å². The molecule has 0 aliphatic rings. The number of nitrogens with zero attached hydrogens (tertiary/aromatic N) is 4. The molecule has 0 saturated carbocycles. The van der Waals surface area contributed by atoms with E-state index in [0.717, 1.165) is 5.52 Å². The third kappa shape index (κ3) is 8.94. The molecule has 2 rings (SSSR count). The maximum atomic E-state index is 9.87. The molecule has 0 fully saturated rings. The van der Waals surface area contributed by atoms with Crippen molar-refractivity contribution >= 4 is 24.9 Å². The van der Waals surface area contributed by atoms with Crippen LogP contribution in [0.15, 0.2) is 18.2 Å². The second-order valence-electron chi connectivity index (χ2n) is 5.14. The monoisotopic (exact) mass is 395 g/mol. The maximum absolute atomic E-state index is 10.7. The van der Waals surface area contributed by atoms with E-state index in [9.17, 15) is 25.2 Å². The Hall–Kier alpha value is -2.30. The number of halogens is 6. The van der Waals surface area contributed by atoms with Crippen molar-refractivity contribution in [2.45, 2.75) is 0 Å². The zero-order valence-corrected chi connectivity index (χ0v) is 14.4. The van der Waals surface area contributed by atoms with E-state index in [2.05, 4.69) is 15.4 Å². The zero-order chi connectivity index (χ0) is 19.5. The van der Waals surface area contributed by atoms with Gasteiger partial charge in [0, 0.05) is 0 Å². The first-order valence-electron chi connectivity index (χ1n) is 6.46. The van der Waals surface area contributed by atoms with Gasteiger partial charge in [0.15, 0.2) is 5.52 Å². The summed E-state index contributed by atoms with van der Waals surface area (Å²) in [6.07, 6.45) is 0. The quantitative estimate of drug-likeness (QED) is 0.159. The van der Waals surface area contributed by atoms with Gasteiger partial charge in [-0.1, -0.05) is 6.07 Å². The number of aromatic nitrogens is 3. The normalized spacial score (nSPS) is 13.8. The number of hydrogen-bond acceptors (Lipinski definition) is 4. The van der Waals surface area contributed by atoms with Crippen LogP contribution in [0.2, 0.25) is 0 Å². The third-order valence-electron chi connectivity index (χ3n) is 2.28. The van der Waals surface area contributed by atoms with Gasteiger partial charge in [-0.15, -0.1) is 0 Å². The van der Waals surface area contributed by atoms with Gasteiger partial charge in [-0.3, -0.25) is 4.89 Å². The summed E-state index contributed by atoms with van der Waals surface area (Å²) >= 11 is 0. The molecule has 1 heterocycles. The molecular formula is C11H16F6N5O2P. The molecule has 25 heavy (non-hydrogen) atoms. The number of hydrogen-bond donors (Lipinski definition) is 1. The van der Waals surface area contributed by atoms with Gasteiger partial charge in [0.2, 0.25) is 5.75 Å². The van der Waals surface area contributed by atoms with Crippen LogP contribution in [0.4, 0.5) is 25.2 Å². The molecule has 0 aliphatic heterocycles. The number of amidine groups is 1. The average molecular weight is 395 g/mol. The number of benzene rings is 1. The fourth-order valence-corrected chi connectivity index (χ4v) is 1.54. The van der Waals surface area contributed by atoms with Gasteiger partial charge in [-0.05, 0) is 12.1 Å². The average Bonchev–Trinajstić information content (AvgIpc) is 2.83. The molecule has 7 nitrogen and oxygen atoms in total.